The van der Waals surface area contributed by atoms with Crippen LogP contribution in [0.15, 0.2) is 24.3 Å². The van der Waals surface area contributed by atoms with Crippen LogP contribution in [0.3, 0.4) is 0 Å². The second kappa shape index (κ2) is 5.33. The van der Waals surface area contributed by atoms with Crippen LogP contribution in [0, 0.1) is 12.8 Å². The lowest BCUT2D eigenvalue weighted by Crippen LogP contribution is -2.33. The third kappa shape index (κ3) is 3.35. The topological polar surface area (TPSA) is 63.2 Å². The van der Waals surface area contributed by atoms with Crippen LogP contribution in [-0.4, -0.2) is 25.8 Å². The van der Waals surface area contributed by atoms with Crippen LogP contribution in [0.5, 0.6) is 0 Å². The normalized spacial score (nSPS) is 22.9. The first-order valence-corrected chi connectivity index (χ1v) is 8.27. The first-order chi connectivity index (χ1) is 8.89. The molecule has 104 valence electrons. The van der Waals surface area contributed by atoms with Gasteiger partial charge >= 0.3 is 0 Å². The molecule has 1 heterocycles. The van der Waals surface area contributed by atoms with Gasteiger partial charge in [-0.25, -0.2) is 8.42 Å². The summed E-state index contributed by atoms with van der Waals surface area (Å²) in [5.74, 6) is -0.434. The average molecular weight is 281 g/mol. The van der Waals surface area contributed by atoms with Crippen LogP contribution < -0.4 is 5.32 Å². The third-order valence-corrected chi connectivity index (χ3v) is 5.38. The number of aryl methyl sites for hydroxylation is 1. The minimum atomic E-state index is -3.01. The van der Waals surface area contributed by atoms with Crippen molar-refractivity contribution >= 4 is 15.7 Å². The summed E-state index contributed by atoms with van der Waals surface area (Å²) in [7, 11) is -3.01. The maximum atomic E-state index is 12.1. The van der Waals surface area contributed by atoms with Crippen LogP contribution in [-0.2, 0) is 14.6 Å². The van der Waals surface area contributed by atoms with Crippen LogP contribution in [0.25, 0.3) is 0 Å². The first kappa shape index (κ1) is 14.1. The molecule has 1 N–H and O–H groups in total. The number of amides is 1. The van der Waals surface area contributed by atoms with Crippen molar-refractivity contribution in [3.05, 3.63) is 35.4 Å². The Kier molecular flexibility index (Phi) is 3.94. The Morgan fingerprint density at radius 2 is 2.05 bits per heavy atom. The summed E-state index contributed by atoms with van der Waals surface area (Å²) in [6, 6.07) is 7.77. The van der Waals surface area contributed by atoms with Crippen molar-refractivity contribution in [3.8, 4) is 0 Å². The van der Waals surface area contributed by atoms with E-state index < -0.39 is 15.8 Å². The van der Waals surface area contributed by atoms with Gasteiger partial charge in [-0.2, -0.15) is 0 Å². The van der Waals surface area contributed by atoms with E-state index in [9.17, 15) is 13.2 Å². The molecule has 0 saturated carbocycles. The number of hydrogen-bond acceptors (Lipinski definition) is 3. The van der Waals surface area contributed by atoms with Gasteiger partial charge in [0.05, 0.1) is 23.5 Å². The van der Waals surface area contributed by atoms with Crippen molar-refractivity contribution < 1.29 is 13.2 Å². The molecule has 1 amide bonds. The van der Waals surface area contributed by atoms with Crippen molar-refractivity contribution in [1.29, 1.82) is 0 Å². The highest BCUT2D eigenvalue weighted by Crippen LogP contribution is 2.21. The van der Waals surface area contributed by atoms with Gasteiger partial charge in [0.25, 0.3) is 0 Å². The van der Waals surface area contributed by atoms with Crippen LogP contribution in [0.1, 0.15) is 30.5 Å². The molecule has 4 nitrogen and oxygen atoms in total. The van der Waals surface area contributed by atoms with E-state index in [0.29, 0.717) is 6.42 Å². The van der Waals surface area contributed by atoms with Gasteiger partial charge in [-0.15, -0.1) is 0 Å². The van der Waals surface area contributed by atoms with Crippen LogP contribution >= 0.6 is 0 Å². The second-order valence-corrected chi connectivity index (χ2v) is 7.42. The highest BCUT2D eigenvalue weighted by Gasteiger charge is 2.33. The minimum absolute atomic E-state index is 0.0146. The number of hydrogen-bond donors (Lipinski definition) is 1. The minimum Gasteiger partial charge on any atom is -0.349 e. The standard InChI is InChI=1S/C14H19NO3S/c1-10-5-3-4-6-13(10)11(2)15-14(16)12-7-8-19(17,18)9-12/h3-6,11-12H,7-9H2,1-2H3,(H,15,16)/t11-,12-/m1/s1. The number of carbonyl (C=O) groups is 1. The predicted molar refractivity (Wildman–Crippen MR) is 74.5 cm³/mol. The maximum absolute atomic E-state index is 12.1. The van der Waals surface area contributed by atoms with E-state index in [-0.39, 0.29) is 23.5 Å². The van der Waals surface area contributed by atoms with E-state index in [0.717, 1.165) is 11.1 Å². The lowest BCUT2D eigenvalue weighted by molar-refractivity contribution is -0.124. The fraction of sp³-hybridized carbons (Fsp3) is 0.500. The van der Waals surface area contributed by atoms with Gasteiger partial charge in [0.1, 0.15) is 0 Å². The molecule has 0 bridgehead atoms. The van der Waals surface area contributed by atoms with Gasteiger partial charge < -0.3 is 5.32 Å². The van der Waals surface area contributed by atoms with E-state index >= 15 is 0 Å². The smallest absolute Gasteiger partial charge is 0.224 e. The quantitative estimate of drug-likeness (QED) is 0.915. The zero-order chi connectivity index (χ0) is 14.0. The number of sulfone groups is 1. The molecule has 1 aromatic rings. The summed E-state index contributed by atoms with van der Waals surface area (Å²) in [4.78, 5) is 12.1. The largest absolute Gasteiger partial charge is 0.349 e. The lowest BCUT2D eigenvalue weighted by atomic mass is 10.0. The van der Waals surface area contributed by atoms with Gasteiger partial charge in [0, 0.05) is 0 Å². The zero-order valence-electron chi connectivity index (χ0n) is 11.2. The molecule has 0 aliphatic carbocycles. The molecule has 0 radical (unpaired) electrons. The highest BCUT2D eigenvalue weighted by atomic mass is 32.2. The monoisotopic (exact) mass is 281 g/mol. The number of nitrogens with one attached hydrogen (secondary N) is 1. The Bertz CT molecular complexity index is 580. The van der Waals surface area contributed by atoms with Crippen molar-refractivity contribution in [1.82, 2.24) is 5.32 Å². The Hall–Kier alpha value is -1.36. The van der Waals surface area contributed by atoms with Crippen molar-refractivity contribution in [2.45, 2.75) is 26.3 Å². The van der Waals surface area contributed by atoms with E-state index in [1.807, 2.05) is 38.1 Å². The number of carbonyl (C=O) groups excluding carboxylic acids is 1. The van der Waals surface area contributed by atoms with Gasteiger partial charge in [0.15, 0.2) is 9.84 Å². The molecule has 0 aromatic heterocycles. The molecule has 2 rings (SSSR count). The summed E-state index contributed by atoms with van der Waals surface area (Å²) < 4.78 is 22.8. The fourth-order valence-electron chi connectivity index (χ4n) is 2.48. The molecule has 0 unspecified atom stereocenters. The van der Waals surface area contributed by atoms with Gasteiger partial charge in [-0.1, -0.05) is 24.3 Å². The molecule has 1 saturated heterocycles. The van der Waals surface area contributed by atoms with Gasteiger partial charge in [-0.3, -0.25) is 4.79 Å². The van der Waals surface area contributed by atoms with Crippen LogP contribution in [0.2, 0.25) is 0 Å². The highest BCUT2D eigenvalue weighted by molar-refractivity contribution is 7.91. The van der Waals surface area contributed by atoms with Gasteiger partial charge in [0.2, 0.25) is 5.91 Å². The van der Waals surface area contributed by atoms with Crippen molar-refractivity contribution in [2.75, 3.05) is 11.5 Å². The van der Waals surface area contributed by atoms with E-state index in [1.165, 1.54) is 0 Å². The molecule has 2 atom stereocenters. The second-order valence-electron chi connectivity index (χ2n) is 5.19. The summed E-state index contributed by atoms with van der Waals surface area (Å²) in [5.41, 5.74) is 2.19. The van der Waals surface area contributed by atoms with Crippen molar-refractivity contribution in [3.63, 3.8) is 0 Å². The van der Waals surface area contributed by atoms with Gasteiger partial charge in [-0.05, 0) is 31.4 Å². The average Bonchev–Trinajstić information content (AvgIpc) is 2.70. The molecule has 1 aliphatic rings. The zero-order valence-corrected chi connectivity index (χ0v) is 12.0. The lowest BCUT2D eigenvalue weighted by Gasteiger charge is -2.18. The summed E-state index contributed by atoms with van der Waals surface area (Å²) in [6.07, 6.45) is 0.439. The molecule has 1 fully saturated rings. The molecule has 1 aromatic carbocycles. The van der Waals surface area contributed by atoms with E-state index in [4.69, 9.17) is 0 Å². The molecular weight excluding hydrogens is 262 g/mol. The predicted octanol–water partition coefficient (Wildman–Crippen LogP) is 1.61. The Morgan fingerprint density at radius 3 is 2.63 bits per heavy atom. The Labute approximate surface area is 114 Å². The number of benzene rings is 1. The van der Waals surface area contributed by atoms with Crippen molar-refractivity contribution in [2.24, 2.45) is 5.92 Å². The number of rotatable bonds is 3. The summed E-state index contributed by atoms with van der Waals surface area (Å²) in [6.45, 7) is 3.92. The summed E-state index contributed by atoms with van der Waals surface area (Å²) in [5, 5.41) is 2.91. The first-order valence-electron chi connectivity index (χ1n) is 6.45. The molecule has 1 aliphatic heterocycles. The third-order valence-electron chi connectivity index (χ3n) is 3.62. The molecule has 0 spiro atoms. The fourth-order valence-corrected chi connectivity index (χ4v) is 4.22. The van der Waals surface area contributed by atoms with E-state index in [2.05, 4.69) is 5.32 Å². The maximum Gasteiger partial charge on any atom is 0.224 e. The SMILES string of the molecule is Cc1ccccc1[C@@H](C)NC(=O)[C@@H]1CCS(=O)(=O)C1. The summed E-state index contributed by atoms with van der Waals surface area (Å²) >= 11 is 0. The van der Waals surface area contributed by atoms with Crippen LogP contribution in [0.4, 0.5) is 0 Å². The molecule has 5 heteroatoms. The Balaban J connectivity index is 2.02. The Morgan fingerprint density at radius 1 is 1.37 bits per heavy atom. The van der Waals surface area contributed by atoms with E-state index in [1.54, 1.807) is 0 Å². The molecular formula is C14H19NO3S. The molecule has 19 heavy (non-hydrogen) atoms.